The standard InChI is InChI=1S/C14H24N4S/c1-14(2,19-4)11-18-13(15-3)17-10-8-12-7-5-6-9-16-12/h5-7,9H,8,10-11H2,1-4H3,(H2,15,17,18). The minimum atomic E-state index is 0.207. The highest BCUT2D eigenvalue weighted by Gasteiger charge is 2.15. The fraction of sp³-hybridized carbons (Fsp3) is 0.571. The van der Waals surface area contributed by atoms with Gasteiger partial charge in [-0.05, 0) is 32.2 Å². The van der Waals surface area contributed by atoms with Gasteiger partial charge in [0.25, 0.3) is 0 Å². The van der Waals surface area contributed by atoms with Crippen LogP contribution < -0.4 is 10.6 Å². The number of aliphatic imine (C=N–C) groups is 1. The molecular formula is C14H24N4S. The second kappa shape index (κ2) is 8.04. The van der Waals surface area contributed by atoms with Crippen molar-refractivity contribution in [1.29, 1.82) is 0 Å². The molecule has 1 aromatic heterocycles. The summed E-state index contributed by atoms with van der Waals surface area (Å²) in [7, 11) is 1.79. The summed E-state index contributed by atoms with van der Waals surface area (Å²) in [6.45, 7) is 6.14. The molecule has 1 rings (SSSR count). The maximum Gasteiger partial charge on any atom is 0.191 e. The molecule has 0 aromatic carbocycles. The van der Waals surface area contributed by atoms with Crippen LogP contribution in [-0.2, 0) is 6.42 Å². The molecule has 0 fully saturated rings. The van der Waals surface area contributed by atoms with E-state index in [1.54, 1.807) is 7.05 Å². The Kier molecular flexibility index (Phi) is 6.70. The monoisotopic (exact) mass is 280 g/mol. The van der Waals surface area contributed by atoms with Crippen LogP contribution in [-0.4, -0.2) is 42.1 Å². The van der Waals surface area contributed by atoms with E-state index in [2.05, 4.69) is 40.7 Å². The van der Waals surface area contributed by atoms with E-state index in [0.29, 0.717) is 0 Å². The Morgan fingerprint density at radius 2 is 2.16 bits per heavy atom. The minimum Gasteiger partial charge on any atom is -0.356 e. The van der Waals surface area contributed by atoms with Crippen molar-refractivity contribution in [3.8, 4) is 0 Å². The molecular weight excluding hydrogens is 256 g/mol. The third kappa shape index (κ3) is 6.47. The zero-order valence-electron chi connectivity index (χ0n) is 12.2. The van der Waals surface area contributed by atoms with E-state index >= 15 is 0 Å². The van der Waals surface area contributed by atoms with E-state index in [9.17, 15) is 0 Å². The summed E-state index contributed by atoms with van der Waals surface area (Å²) in [4.78, 5) is 8.52. The predicted molar refractivity (Wildman–Crippen MR) is 84.9 cm³/mol. The minimum absolute atomic E-state index is 0.207. The third-order valence-corrected chi connectivity index (χ3v) is 4.11. The summed E-state index contributed by atoms with van der Waals surface area (Å²) in [6.07, 6.45) is 4.84. The van der Waals surface area contributed by atoms with E-state index in [1.165, 1.54) is 0 Å². The van der Waals surface area contributed by atoms with Gasteiger partial charge in [-0.3, -0.25) is 9.98 Å². The van der Waals surface area contributed by atoms with Gasteiger partial charge >= 0.3 is 0 Å². The van der Waals surface area contributed by atoms with E-state index in [1.807, 2.05) is 36.2 Å². The van der Waals surface area contributed by atoms with Crippen molar-refractivity contribution >= 4 is 17.7 Å². The number of nitrogens with zero attached hydrogens (tertiary/aromatic N) is 2. The van der Waals surface area contributed by atoms with Crippen LogP contribution in [0.1, 0.15) is 19.5 Å². The first-order valence-electron chi connectivity index (χ1n) is 6.47. The molecule has 0 saturated carbocycles. The highest BCUT2D eigenvalue weighted by Crippen LogP contribution is 2.19. The molecule has 0 spiro atoms. The van der Waals surface area contributed by atoms with Gasteiger partial charge in [-0.15, -0.1) is 0 Å². The topological polar surface area (TPSA) is 49.3 Å². The summed E-state index contributed by atoms with van der Waals surface area (Å²) in [5, 5.41) is 6.65. The number of rotatable bonds is 6. The molecule has 0 aliphatic heterocycles. The SMILES string of the molecule is CN=C(NCCc1ccccn1)NCC(C)(C)SC. The summed E-state index contributed by atoms with van der Waals surface area (Å²) < 4.78 is 0.207. The van der Waals surface area contributed by atoms with Crippen LogP contribution in [0.3, 0.4) is 0 Å². The zero-order chi connectivity index (χ0) is 14.1. The average molecular weight is 280 g/mol. The van der Waals surface area contributed by atoms with Crippen LogP contribution in [0.4, 0.5) is 0 Å². The second-order valence-corrected chi connectivity index (χ2v) is 6.40. The predicted octanol–water partition coefficient (Wildman–Crippen LogP) is 1.93. The normalized spacial score (nSPS) is 12.3. The first kappa shape index (κ1) is 15.8. The number of nitrogens with one attached hydrogen (secondary N) is 2. The molecule has 0 unspecified atom stereocenters. The molecule has 1 heterocycles. The Bertz CT molecular complexity index is 390. The number of pyridine rings is 1. The van der Waals surface area contributed by atoms with Gasteiger partial charge in [0.05, 0.1) is 0 Å². The number of guanidine groups is 1. The molecule has 5 heteroatoms. The Morgan fingerprint density at radius 3 is 2.74 bits per heavy atom. The van der Waals surface area contributed by atoms with Gasteiger partial charge in [-0.2, -0.15) is 11.8 Å². The van der Waals surface area contributed by atoms with Crippen LogP contribution in [0.25, 0.3) is 0 Å². The molecule has 0 atom stereocenters. The summed E-state index contributed by atoms with van der Waals surface area (Å²) in [6, 6.07) is 5.98. The van der Waals surface area contributed by atoms with Gasteiger partial charge in [0.15, 0.2) is 5.96 Å². The van der Waals surface area contributed by atoms with Crippen molar-refractivity contribution in [2.45, 2.75) is 25.0 Å². The van der Waals surface area contributed by atoms with Crippen molar-refractivity contribution < 1.29 is 0 Å². The lowest BCUT2D eigenvalue weighted by molar-refractivity contribution is 0.663. The van der Waals surface area contributed by atoms with Crippen molar-refractivity contribution in [2.75, 3.05) is 26.4 Å². The molecule has 1 aromatic rings. The van der Waals surface area contributed by atoms with E-state index in [4.69, 9.17) is 0 Å². The molecule has 0 aliphatic rings. The molecule has 106 valence electrons. The van der Waals surface area contributed by atoms with Crippen LogP contribution >= 0.6 is 11.8 Å². The van der Waals surface area contributed by atoms with Gasteiger partial charge < -0.3 is 10.6 Å². The maximum atomic E-state index is 4.30. The molecule has 2 N–H and O–H groups in total. The van der Waals surface area contributed by atoms with Gasteiger partial charge in [0, 0.05) is 43.2 Å². The summed E-state index contributed by atoms with van der Waals surface area (Å²) in [5.41, 5.74) is 1.09. The average Bonchev–Trinajstić information content (AvgIpc) is 2.43. The number of hydrogen-bond acceptors (Lipinski definition) is 3. The third-order valence-electron chi connectivity index (χ3n) is 2.86. The molecule has 0 amide bonds. The first-order valence-corrected chi connectivity index (χ1v) is 7.69. The fourth-order valence-electron chi connectivity index (χ4n) is 1.44. The lowest BCUT2D eigenvalue weighted by Gasteiger charge is -2.23. The highest BCUT2D eigenvalue weighted by atomic mass is 32.2. The number of aromatic nitrogens is 1. The van der Waals surface area contributed by atoms with E-state index in [0.717, 1.165) is 31.2 Å². The number of thioether (sulfide) groups is 1. The van der Waals surface area contributed by atoms with E-state index in [-0.39, 0.29) is 4.75 Å². The highest BCUT2D eigenvalue weighted by molar-refractivity contribution is 7.99. The van der Waals surface area contributed by atoms with Crippen LogP contribution in [0.5, 0.6) is 0 Å². The molecule has 0 bridgehead atoms. The molecule has 0 radical (unpaired) electrons. The number of hydrogen-bond donors (Lipinski definition) is 2. The Morgan fingerprint density at radius 1 is 1.37 bits per heavy atom. The molecule has 19 heavy (non-hydrogen) atoms. The summed E-state index contributed by atoms with van der Waals surface area (Å²) in [5.74, 6) is 0.845. The maximum absolute atomic E-state index is 4.30. The second-order valence-electron chi connectivity index (χ2n) is 4.89. The molecule has 0 aliphatic carbocycles. The lowest BCUT2D eigenvalue weighted by Crippen LogP contribution is -2.43. The van der Waals surface area contributed by atoms with Crippen molar-refractivity contribution in [3.63, 3.8) is 0 Å². The van der Waals surface area contributed by atoms with Crippen molar-refractivity contribution in [1.82, 2.24) is 15.6 Å². The fourth-order valence-corrected chi connectivity index (χ4v) is 1.66. The van der Waals surface area contributed by atoms with Gasteiger partial charge in [0.2, 0.25) is 0 Å². The molecule has 0 saturated heterocycles. The van der Waals surface area contributed by atoms with Gasteiger partial charge in [0.1, 0.15) is 0 Å². The van der Waals surface area contributed by atoms with Crippen LogP contribution in [0.15, 0.2) is 29.4 Å². The summed E-state index contributed by atoms with van der Waals surface area (Å²) >= 11 is 1.84. The quantitative estimate of drug-likeness (QED) is 0.617. The largest absolute Gasteiger partial charge is 0.356 e. The smallest absolute Gasteiger partial charge is 0.191 e. The van der Waals surface area contributed by atoms with E-state index < -0.39 is 0 Å². The first-order chi connectivity index (χ1) is 9.07. The van der Waals surface area contributed by atoms with Gasteiger partial charge in [-0.1, -0.05) is 6.07 Å². The van der Waals surface area contributed by atoms with Crippen LogP contribution in [0, 0.1) is 0 Å². The molecule has 4 nitrogen and oxygen atoms in total. The Balaban J connectivity index is 2.30. The lowest BCUT2D eigenvalue weighted by atomic mass is 10.2. The Hall–Kier alpha value is -1.23. The Labute approximate surface area is 120 Å². The van der Waals surface area contributed by atoms with Crippen molar-refractivity contribution in [2.24, 2.45) is 4.99 Å². The zero-order valence-corrected chi connectivity index (χ0v) is 13.0. The van der Waals surface area contributed by atoms with Crippen LogP contribution in [0.2, 0.25) is 0 Å². The van der Waals surface area contributed by atoms with Gasteiger partial charge in [-0.25, -0.2) is 0 Å². The van der Waals surface area contributed by atoms with Crippen molar-refractivity contribution in [3.05, 3.63) is 30.1 Å².